The van der Waals surface area contributed by atoms with E-state index >= 15 is 0 Å². The first-order chi connectivity index (χ1) is 8.19. The van der Waals surface area contributed by atoms with Crippen molar-refractivity contribution in [3.8, 4) is 0 Å². The zero-order valence-electron chi connectivity index (χ0n) is 10.1. The fourth-order valence-corrected chi connectivity index (χ4v) is 1.57. The highest BCUT2D eigenvalue weighted by molar-refractivity contribution is 6.28. The summed E-state index contributed by atoms with van der Waals surface area (Å²) in [6.07, 6.45) is 1.76. The number of rotatable bonds is 7. The average Bonchev–Trinajstić information content (AvgIpc) is 2.33. The molecule has 7 heteroatoms. The number of anilines is 2. The van der Waals surface area contributed by atoms with Crippen LogP contribution in [0.3, 0.4) is 0 Å². The minimum absolute atomic E-state index is 0.155. The van der Waals surface area contributed by atoms with E-state index in [2.05, 4.69) is 32.5 Å². The maximum absolute atomic E-state index is 8.89. The van der Waals surface area contributed by atoms with Crippen LogP contribution in [0.4, 0.5) is 11.9 Å². The number of nitrogens with one attached hydrogen (secondary N) is 2. The zero-order valence-corrected chi connectivity index (χ0v) is 10.8. The van der Waals surface area contributed by atoms with Crippen LogP contribution in [0.25, 0.3) is 0 Å². The Hall–Kier alpha value is -1.14. The largest absolute Gasteiger partial charge is 0.396 e. The summed E-state index contributed by atoms with van der Waals surface area (Å²) >= 11 is 5.76. The van der Waals surface area contributed by atoms with Crippen molar-refractivity contribution >= 4 is 23.5 Å². The Kier molecular flexibility index (Phi) is 5.93. The molecule has 0 aliphatic carbocycles. The third-order valence-corrected chi connectivity index (χ3v) is 2.66. The van der Waals surface area contributed by atoms with Crippen LogP contribution in [0.1, 0.15) is 19.8 Å². The molecule has 0 fully saturated rings. The summed E-state index contributed by atoms with van der Waals surface area (Å²) in [6, 6.07) is 0. The molecule has 17 heavy (non-hydrogen) atoms. The second-order valence-electron chi connectivity index (χ2n) is 3.67. The summed E-state index contributed by atoms with van der Waals surface area (Å²) in [7, 11) is 1.72. The summed E-state index contributed by atoms with van der Waals surface area (Å²) in [5.74, 6) is 1.28. The molecule has 0 bridgehead atoms. The lowest BCUT2D eigenvalue weighted by Crippen LogP contribution is -2.17. The molecule has 1 aromatic heterocycles. The molecule has 0 saturated carbocycles. The van der Waals surface area contributed by atoms with Gasteiger partial charge in [0.1, 0.15) is 0 Å². The van der Waals surface area contributed by atoms with Gasteiger partial charge in [0.2, 0.25) is 17.2 Å². The van der Waals surface area contributed by atoms with E-state index < -0.39 is 0 Å². The van der Waals surface area contributed by atoms with Crippen molar-refractivity contribution in [2.24, 2.45) is 5.92 Å². The maximum Gasteiger partial charge on any atom is 0.228 e. The lowest BCUT2D eigenvalue weighted by molar-refractivity contribution is 0.258. The number of aromatic nitrogens is 3. The molecule has 0 aliphatic heterocycles. The first kappa shape index (κ1) is 13.9. The predicted molar refractivity (Wildman–Crippen MR) is 68.4 cm³/mol. The molecule has 0 radical (unpaired) electrons. The number of aliphatic hydroxyl groups is 1. The highest BCUT2D eigenvalue weighted by Crippen LogP contribution is 2.12. The number of hydrogen-bond donors (Lipinski definition) is 3. The molecule has 0 spiro atoms. The zero-order chi connectivity index (χ0) is 12.7. The highest BCUT2D eigenvalue weighted by atomic mass is 35.5. The van der Waals surface area contributed by atoms with Gasteiger partial charge in [0, 0.05) is 20.2 Å². The molecule has 1 heterocycles. The summed E-state index contributed by atoms with van der Waals surface area (Å²) in [4.78, 5) is 12.0. The fourth-order valence-electron chi connectivity index (χ4n) is 1.41. The van der Waals surface area contributed by atoms with Crippen LogP contribution >= 0.6 is 11.6 Å². The molecular weight excluding hydrogens is 242 g/mol. The number of hydrogen-bond acceptors (Lipinski definition) is 6. The molecule has 6 nitrogen and oxygen atoms in total. The molecule has 0 aromatic carbocycles. The second-order valence-corrected chi connectivity index (χ2v) is 4.01. The van der Waals surface area contributed by atoms with Gasteiger partial charge in [-0.05, 0) is 23.9 Å². The van der Waals surface area contributed by atoms with Crippen LogP contribution in [-0.2, 0) is 0 Å². The quantitative estimate of drug-likeness (QED) is 0.686. The smallest absolute Gasteiger partial charge is 0.228 e. The lowest BCUT2D eigenvalue weighted by atomic mass is 10.0. The van der Waals surface area contributed by atoms with E-state index in [1.807, 2.05) is 0 Å². The summed E-state index contributed by atoms with van der Waals surface area (Å²) in [6.45, 7) is 2.99. The molecule has 0 saturated heterocycles. The van der Waals surface area contributed by atoms with Crippen molar-refractivity contribution in [3.63, 3.8) is 0 Å². The Morgan fingerprint density at radius 2 is 2.00 bits per heavy atom. The third kappa shape index (κ3) is 4.70. The van der Waals surface area contributed by atoms with Crippen molar-refractivity contribution in [2.75, 3.05) is 30.8 Å². The Bertz CT molecular complexity index is 349. The van der Waals surface area contributed by atoms with Crippen LogP contribution in [-0.4, -0.2) is 40.3 Å². The molecule has 96 valence electrons. The van der Waals surface area contributed by atoms with E-state index in [0.717, 1.165) is 12.8 Å². The molecule has 1 atom stereocenters. The normalized spacial score (nSPS) is 12.2. The number of nitrogens with zero attached hydrogens (tertiary/aromatic N) is 3. The summed E-state index contributed by atoms with van der Waals surface area (Å²) in [5.41, 5.74) is 0. The highest BCUT2D eigenvalue weighted by Gasteiger charge is 2.08. The monoisotopic (exact) mass is 259 g/mol. The fraction of sp³-hybridized carbons (Fsp3) is 0.700. The van der Waals surface area contributed by atoms with Gasteiger partial charge in [-0.25, -0.2) is 0 Å². The molecule has 0 amide bonds. The second kappa shape index (κ2) is 7.24. The molecule has 1 unspecified atom stereocenters. The summed E-state index contributed by atoms with van der Waals surface area (Å²) < 4.78 is 0. The molecule has 3 N–H and O–H groups in total. The van der Waals surface area contributed by atoms with Gasteiger partial charge < -0.3 is 15.7 Å². The van der Waals surface area contributed by atoms with Gasteiger partial charge in [-0.3, -0.25) is 0 Å². The van der Waals surface area contributed by atoms with E-state index in [1.54, 1.807) is 7.05 Å². The van der Waals surface area contributed by atoms with E-state index in [4.69, 9.17) is 16.7 Å². The van der Waals surface area contributed by atoms with Gasteiger partial charge in [0.15, 0.2) is 0 Å². The Morgan fingerprint density at radius 1 is 1.29 bits per heavy atom. The standard InChI is InChI=1S/C10H18ClN5O/c1-3-7(4-5-17)6-13-10-15-8(11)14-9(12-2)16-10/h7,17H,3-6H2,1-2H3,(H2,12,13,14,15,16). The van der Waals surface area contributed by atoms with Gasteiger partial charge in [-0.1, -0.05) is 13.3 Å². The third-order valence-electron chi connectivity index (χ3n) is 2.50. The van der Waals surface area contributed by atoms with Gasteiger partial charge in [-0.15, -0.1) is 0 Å². The van der Waals surface area contributed by atoms with E-state index in [1.165, 1.54) is 0 Å². The number of halogens is 1. The van der Waals surface area contributed by atoms with Crippen LogP contribution in [0.2, 0.25) is 5.28 Å². The van der Waals surface area contributed by atoms with Crippen molar-refractivity contribution in [2.45, 2.75) is 19.8 Å². The minimum Gasteiger partial charge on any atom is -0.396 e. The van der Waals surface area contributed by atoms with E-state index in [0.29, 0.717) is 24.4 Å². The van der Waals surface area contributed by atoms with Crippen molar-refractivity contribution in [1.82, 2.24) is 15.0 Å². The number of aliphatic hydroxyl groups excluding tert-OH is 1. The topological polar surface area (TPSA) is 83.0 Å². The van der Waals surface area contributed by atoms with Gasteiger partial charge >= 0.3 is 0 Å². The first-order valence-electron chi connectivity index (χ1n) is 5.63. The predicted octanol–water partition coefficient (Wildman–Crippen LogP) is 1.39. The van der Waals surface area contributed by atoms with E-state index in [9.17, 15) is 0 Å². The van der Waals surface area contributed by atoms with Crippen LogP contribution < -0.4 is 10.6 Å². The van der Waals surface area contributed by atoms with E-state index in [-0.39, 0.29) is 11.9 Å². The van der Waals surface area contributed by atoms with Crippen LogP contribution in [0, 0.1) is 5.92 Å². The Morgan fingerprint density at radius 3 is 2.59 bits per heavy atom. The molecule has 1 aromatic rings. The lowest BCUT2D eigenvalue weighted by Gasteiger charge is -2.14. The van der Waals surface area contributed by atoms with Crippen LogP contribution in [0.15, 0.2) is 0 Å². The van der Waals surface area contributed by atoms with Gasteiger partial charge in [-0.2, -0.15) is 15.0 Å². The first-order valence-corrected chi connectivity index (χ1v) is 6.01. The van der Waals surface area contributed by atoms with Crippen molar-refractivity contribution < 1.29 is 5.11 Å². The average molecular weight is 260 g/mol. The van der Waals surface area contributed by atoms with Gasteiger partial charge in [0.05, 0.1) is 0 Å². The summed E-state index contributed by atoms with van der Waals surface area (Å²) in [5, 5.41) is 15.0. The SMILES string of the molecule is CCC(CCO)CNc1nc(Cl)nc(NC)n1. The van der Waals surface area contributed by atoms with Crippen molar-refractivity contribution in [3.05, 3.63) is 5.28 Å². The van der Waals surface area contributed by atoms with Crippen molar-refractivity contribution in [1.29, 1.82) is 0 Å². The van der Waals surface area contributed by atoms with Crippen LogP contribution in [0.5, 0.6) is 0 Å². The Labute approximate surface area is 106 Å². The maximum atomic E-state index is 8.89. The molecule has 0 aliphatic rings. The van der Waals surface area contributed by atoms with Gasteiger partial charge in [0.25, 0.3) is 0 Å². The molecule has 1 rings (SSSR count). The molecular formula is C10H18ClN5O. The minimum atomic E-state index is 0.155. The Balaban J connectivity index is 2.58.